The molecule has 4 aromatic rings. The summed E-state index contributed by atoms with van der Waals surface area (Å²) in [6, 6.07) is 19.2. The maximum Gasteiger partial charge on any atom is 0.471 e. The third-order valence-electron chi connectivity index (χ3n) is 4.08. The standard InChI is InChI=1S/C20H12F3N3O2/c21-20(22,23)19-25-17(26-28-19)13-5-7-14(8-6-13)18(27)24-16-10-9-12-3-1-2-4-15(12)11-16/h1-11H,(H,24,27). The van der Waals surface area contributed by atoms with Crippen LogP contribution in [0.15, 0.2) is 71.3 Å². The van der Waals surface area contributed by atoms with Crippen molar-refractivity contribution in [3.05, 3.63) is 78.2 Å². The Hall–Kier alpha value is -3.68. The number of anilines is 1. The van der Waals surface area contributed by atoms with Crippen molar-refractivity contribution in [1.29, 1.82) is 0 Å². The van der Waals surface area contributed by atoms with Crippen LogP contribution in [0.2, 0.25) is 0 Å². The Labute approximate surface area is 156 Å². The second kappa shape index (κ2) is 6.80. The lowest BCUT2D eigenvalue weighted by Crippen LogP contribution is -2.11. The van der Waals surface area contributed by atoms with Gasteiger partial charge in [0.05, 0.1) is 0 Å². The SMILES string of the molecule is O=C(Nc1ccc2ccccc2c1)c1ccc(-c2noc(C(F)(F)F)n2)cc1. The first-order valence-corrected chi connectivity index (χ1v) is 8.22. The maximum atomic E-state index is 12.5. The predicted molar refractivity (Wildman–Crippen MR) is 96.6 cm³/mol. The van der Waals surface area contributed by atoms with Gasteiger partial charge in [0, 0.05) is 16.8 Å². The largest absolute Gasteiger partial charge is 0.471 e. The number of aromatic nitrogens is 2. The van der Waals surface area contributed by atoms with E-state index >= 15 is 0 Å². The van der Waals surface area contributed by atoms with Crippen molar-refractivity contribution in [2.24, 2.45) is 0 Å². The number of alkyl halides is 3. The van der Waals surface area contributed by atoms with Crippen molar-refractivity contribution in [3.8, 4) is 11.4 Å². The zero-order chi connectivity index (χ0) is 19.7. The van der Waals surface area contributed by atoms with Gasteiger partial charge >= 0.3 is 12.1 Å². The van der Waals surface area contributed by atoms with Gasteiger partial charge < -0.3 is 9.84 Å². The van der Waals surface area contributed by atoms with Crippen LogP contribution in [0, 0.1) is 0 Å². The van der Waals surface area contributed by atoms with Crippen LogP contribution < -0.4 is 5.32 Å². The number of benzene rings is 3. The summed E-state index contributed by atoms with van der Waals surface area (Å²) in [6.07, 6.45) is -4.70. The molecule has 0 spiro atoms. The molecule has 0 saturated carbocycles. The van der Waals surface area contributed by atoms with Gasteiger partial charge in [-0.15, -0.1) is 0 Å². The third kappa shape index (κ3) is 3.57. The van der Waals surface area contributed by atoms with E-state index in [1.807, 2.05) is 36.4 Å². The van der Waals surface area contributed by atoms with Gasteiger partial charge in [-0.3, -0.25) is 4.79 Å². The Balaban J connectivity index is 1.51. The van der Waals surface area contributed by atoms with Gasteiger partial charge in [-0.25, -0.2) is 0 Å². The van der Waals surface area contributed by atoms with E-state index in [2.05, 4.69) is 20.0 Å². The van der Waals surface area contributed by atoms with Crippen molar-refractivity contribution in [1.82, 2.24) is 10.1 Å². The summed E-state index contributed by atoms with van der Waals surface area (Å²) < 4.78 is 41.8. The van der Waals surface area contributed by atoms with E-state index < -0.39 is 12.1 Å². The monoisotopic (exact) mass is 383 g/mol. The maximum absolute atomic E-state index is 12.5. The number of nitrogens with zero attached hydrogens (tertiary/aromatic N) is 2. The molecule has 0 saturated heterocycles. The van der Waals surface area contributed by atoms with Crippen LogP contribution in [0.25, 0.3) is 22.2 Å². The Morgan fingerprint density at radius 2 is 1.64 bits per heavy atom. The van der Waals surface area contributed by atoms with Crippen molar-refractivity contribution >= 4 is 22.4 Å². The molecule has 0 unspecified atom stereocenters. The average Bonchev–Trinajstić information content (AvgIpc) is 3.19. The number of hydrogen-bond acceptors (Lipinski definition) is 4. The number of fused-ring (bicyclic) bond motifs is 1. The second-order valence-corrected chi connectivity index (χ2v) is 6.01. The van der Waals surface area contributed by atoms with Gasteiger partial charge in [0.2, 0.25) is 5.82 Å². The predicted octanol–water partition coefficient (Wildman–Crippen LogP) is 5.16. The first-order valence-electron chi connectivity index (χ1n) is 8.22. The van der Waals surface area contributed by atoms with Crippen molar-refractivity contribution in [2.45, 2.75) is 6.18 Å². The highest BCUT2D eigenvalue weighted by atomic mass is 19.4. The molecule has 1 heterocycles. The fourth-order valence-electron chi connectivity index (χ4n) is 2.70. The highest BCUT2D eigenvalue weighted by Gasteiger charge is 2.38. The minimum absolute atomic E-state index is 0.200. The van der Waals surface area contributed by atoms with Crippen LogP contribution in [0.4, 0.5) is 18.9 Å². The van der Waals surface area contributed by atoms with E-state index in [0.29, 0.717) is 16.8 Å². The lowest BCUT2D eigenvalue weighted by atomic mass is 10.1. The number of nitrogens with one attached hydrogen (secondary N) is 1. The highest BCUT2D eigenvalue weighted by molar-refractivity contribution is 6.05. The number of carbonyl (C=O) groups excluding carboxylic acids is 1. The number of hydrogen-bond donors (Lipinski definition) is 1. The Morgan fingerprint density at radius 1 is 0.929 bits per heavy atom. The minimum Gasteiger partial charge on any atom is -0.329 e. The fraction of sp³-hybridized carbons (Fsp3) is 0.0500. The molecule has 8 heteroatoms. The summed E-state index contributed by atoms with van der Waals surface area (Å²) >= 11 is 0. The van der Waals surface area contributed by atoms with Crippen LogP contribution in [-0.2, 0) is 6.18 Å². The molecule has 5 nitrogen and oxygen atoms in total. The van der Waals surface area contributed by atoms with E-state index in [1.54, 1.807) is 6.07 Å². The fourth-order valence-corrected chi connectivity index (χ4v) is 2.70. The molecular weight excluding hydrogens is 371 g/mol. The molecule has 1 amide bonds. The summed E-state index contributed by atoms with van der Waals surface area (Å²) in [5.41, 5.74) is 1.29. The van der Waals surface area contributed by atoms with Crippen molar-refractivity contribution < 1.29 is 22.5 Å². The molecule has 1 aromatic heterocycles. The van der Waals surface area contributed by atoms with Gasteiger partial charge in [-0.1, -0.05) is 47.6 Å². The van der Waals surface area contributed by atoms with Crippen LogP contribution >= 0.6 is 0 Å². The van der Waals surface area contributed by atoms with Crippen LogP contribution in [-0.4, -0.2) is 16.0 Å². The van der Waals surface area contributed by atoms with Gasteiger partial charge in [0.15, 0.2) is 0 Å². The molecule has 3 aromatic carbocycles. The zero-order valence-corrected chi connectivity index (χ0v) is 14.2. The molecule has 0 bridgehead atoms. The highest BCUT2D eigenvalue weighted by Crippen LogP contribution is 2.29. The van der Waals surface area contributed by atoms with Gasteiger partial charge in [0.25, 0.3) is 5.91 Å². The number of halogens is 3. The van der Waals surface area contributed by atoms with Crippen molar-refractivity contribution in [3.63, 3.8) is 0 Å². The normalized spacial score (nSPS) is 11.5. The molecule has 1 N–H and O–H groups in total. The zero-order valence-electron chi connectivity index (χ0n) is 14.2. The van der Waals surface area contributed by atoms with Gasteiger partial charge in [-0.05, 0) is 35.0 Å². The summed E-state index contributed by atoms with van der Waals surface area (Å²) in [6.45, 7) is 0. The summed E-state index contributed by atoms with van der Waals surface area (Å²) in [4.78, 5) is 15.7. The van der Waals surface area contributed by atoms with Crippen LogP contribution in [0.1, 0.15) is 16.2 Å². The lowest BCUT2D eigenvalue weighted by Gasteiger charge is -2.07. The number of carbonyl (C=O) groups is 1. The van der Waals surface area contributed by atoms with E-state index in [9.17, 15) is 18.0 Å². The van der Waals surface area contributed by atoms with E-state index in [0.717, 1.165) is 10.8 Å². The Kier molecular flexibility index (Phi) is 4.31. The smallest absolute Gasteiger partial charge is 0.329 e. The molecule has 0 radical (unpaired) electrons. The van der Waals surface area contributed by atoms with E-state index in [1.165, 1.54) is 24.3 Å². The number of rotatable bonds is 3. The van der Waals surface area contributed by atoms with E-state index in [4.69, 9.17) is 0 Å². The average molecular weight is 383 g/mol. The molecule has 0 aliphatic rings. The molecule has 0 fully saturated rings. The second-order valence-electron chi connectivity index (χ2n) is 6.01. The Bertz CT molecular complexity index is 1150. The Morgan fingerprint density at radius 3 is 2.32 bits per heavy atom. The molecule has 140 valence electrons. The van der Waals surface area contributed by atoms with Crippen molar-refractivity contribution in [2.75, 3.05) is 5.32 Å². The molecule has 28 heavy (non-hydrogen) atoms. The summed E-state index contributed by atoms with van der Waals surface area (Å²) in [5, 5.41) is 8.17. The first kappa shape index (κ1) is 17.7. The number of amides is 1. The lowest BCUT2D eigenvalue weighted by molar-refractivity contribution is -0.159. The topological polar surface area (TPSA) is 68.0 Å². The van der Waals surface area contributed by atoms with E-state index in [-0.39, 0.29) is 11.7 Å². The quantitative estimate of drug-likeness (QED) is 0.531. The third-order valence-corrected chi connectivity index (χ3v) is 4.08. The van der Waals surface area contributed by atoms with Gasteiger partial charge in [0.1, 0.15) is 0 Å². The molecule has 0 atom stereocenters. The molecule has 0 aliphatic heterocycles. The van der Waals surface area contributed by atoms with Crippen LogP contribution in [0.3, 0.4) is 0 Å². The van der Waals surface area contributed by atoms with Gasteiger partial charge in [-0.2, -0.15) is 18.2 Å². The molecular formula is C20H12F3N3O2. The summed E-state index contributed by atoms with van der Waals surface area (Å²) in [7, 11) is 0. The molecule has 0 aliphatic carbocycles. The van der Waals surface area contributed by atoms with Crippen LogP contribution in [0.5, 0.6) is 0 Å². The summed E-state index contributed by atoms with van der Waals surface area (Å²) in [5.74, 6) is -1.96. The first-order chi connectivity index (χ1) is 13.4. The minimum atomic E-state index is -4.70. The molecule has 4 rings (SSSR count).